The van der Waals surface area contributed by atoms with E-state index in [1.807, 2.05) is 56.3 Å². The summed E-state index contributed by atoms with van der Waals surface area (Å²) in [6.07, 6.45) is 1.18. The van der Waals surface area contributed by atoms with Gasteiger partial charge in [0.1, 0.15) is 0 Å². The van der Waals surface area contributed by atoms with Gasteiger partial charge in [-0.15, -0.1) is 0 Å². The molecule has 0 spiro atoms. The Labute approximate surface area is 143 Å². The number of amides is 1. The lowest BCUT2D eigenvalue weighted by molar-refractivity contribution is -0.121. The molecule has 0 heterocycles. The Balaban J connectivity index is 2.08. The van der Waals surface area contributed by atoms with Crippen molar-refractivity contribution in [1.29, 1.82) is 0 Å². The van der Waals surface area contributed by atoms with Crippen molar-refractivity contribution < 1.29 is 14.3 Å². The number of aryl methyl sites for hydroxylation is 1. The molecule has 0 aliphatic carbocycles. The third kappa shape index (κ3) is 4.51. The van der Waals surface area contributed by atoms with Crippen LogP contribution >= 0.6 is 0 Å². The van der Waals surface area contributed by atoms with E-state index in [1.54, 1.807) is 14.2 Å². The summed E-state index contributed by atoms with van der Waals surface area (Å²) >= 11 is 0. The van der Waals surface area contributed by atoms with E-state index in [2.05, 4.69) is 5.32 Å². The molecule has 2 aromatic rings. The number of nitrogens with one attached hydrogen (secondary N) is 1. The molecule has 1 N–H and O–H groups in total. The maximum absolute atomic E-state index is 12.4. The second-order valence-corrected chi connectivity index (χ2v) is 5.81. The third-order valence-electron chi connectivity index (χ3n) is 4.04. The standard InChI is InChI=1S/C20H25NO3/c1-5-17(16-10-11-18(23-3)19(13-16)24-4)21-20(22)12-15-8-6-14(2)7-9-15/h6-11,13,17H,5,12H2,1-4H3,(H,21,22)/t17-/m0/s1. The average molecular weight is 327 g/mol. The molecule has 24 heavy (non-hydrogen) atoms. The van der Waals surface area contributed by atoms with Crippen molar-refractivity contribution in [2.75, 3.05) is 14.2 Å². The van der Waals surface area contributed by atoms with Gasteiger partial charge in [-0.2, -0.15) is 0 Å². The van der Waals surface area contributed by atoms with Crippen LogP contribution in [-0.4, -0.2) is 20.1 Å². The van der Waals surface area contributed by atoms with Gasteiger partial charge in [-0.25, -0.2) is 0 Å². The molecule has 0 aliphatic heterocycles. The van der Waals surface area contributed by atoms with E-state index in [1.165, 1.54) is 5.56 Å². The Morgan fingerprint density at radius 2 is 1.71 bits per heavy atom. The van der Waals surface area contributed by atoms with Crippen LogP contribution in [0.3, 0.4) is 0 Å². The summed E-state index contributed by atoms with van der Waals surface area (Å²) in [7, 11) is 3.22. The van der Waals surface area contributed by atoms with Gasteiger partial charge in [0.2, 0.25) is 5.91 Å². The van der Waals surface area contributed by atoms with E-state index < -0.39 is 0 Å². The highest BCUT2D eigenvalue weighted by Gasteiger charge is 2.15. The molecule has 0 fully saturated rings. The van der Waals surface area contributed by atoms with E-state index in [-0.39, 0.29) is 11.9 Å². The summed E-state index contributed by atoms with van der Waals surface area (Å²) in [6, 6.07) is 13.7. The Morgan fingerprint density at radius 1 is 1.04 bits per heavy atom. The first-order chi connectivity index (χ1) is 11.6. The van der Waals surface area contributed by atoms with Crippen molar-refractivity contribution in [2.24, 2.45) is 0 Å². The lowest BCUT2D eigenvalue weighted by atomic mass is 10.0. The van der Waals surface area contributed by atoms with Crippen molar-refractivity contribution in [1.82, 2.24) is 5.32 Å². The number of carbonyl (C=O) groups excluding carboxylic acids is 1. The van der Waals surface area contributed by atoms with Gasteiger partial charge in [0.25, 0.3) is 0 Å². The molecule has 4 heteroatoms. The molecule has 128 valence electrons. The fourth-order valence-electron chi connectivity index (χ4n) is 2.63. The molecular weight excluding hydrogens is 302 g/mol. The number of ether oxygens (including phenoxy) is 2. The minimum absolute atomic E-state index is 0.0143. The predicted molar refractivity (Wildman–Crippen MR) is 95.6 cm³/mol. The van der Waals surface area contributed by atoms with Crippen LogP contribution in [0.25, 0.3) is 0 Å². The zero-order valence-corrected chi connectivity index (χ0v) is 14.8. The van der Waals surface area contributed by atoms with Crippen LogP contribution in [-0.2, 0) is 11.2 Å². The molecule has 0 saturated heterocycles. The number of benzene rings is 2. The zero-order valence-electron chi connectivity index (χ0n) is 14.8. The van der Waals surface area contributed by atoms with Crippen LogP contribution in [0.4, 0.5) is 0 Å². The molecule has 2 aromatic carbocycles. The summed E-state index contributed by atoms with van der Waals surface area (Å²) in [5.41, 5.74) is 3.21. The van der Waals surface area contributed by atoms with Gasteiger partial charge in [-0.3, -0.25) is 4.79 Å². The average Bonchev–Trinajstić information content (AvgIpc) is 2.61. The van der Waals surface area contributed by atoms with E-state index in [9.17, 15) is 4.79 Å². The van der Waals surface area contributed by atoms with Crippen molar-refractivity contribution in [2.45, 2.75) is 32.7 Å². The van der Waals surface area contributed by atoms with E-state index >= 15 is 0 Å². The highest BCUT2D eigenvalue weighted by Crippen LogP contribution is 2.30. The number of methoxy groups -OCH3 is 2. The van der Waals surface area contributed by atoms with Gasteiger partial charge in [0.15, 0.2) is 11.5 Å². The fraction of sp³-hybridized carbons (Fsp3) is 0.350. The summed E-state index contributed by atoms with van der Waals surface area (Å²) in [6.45, 7) is 4.08. The Kier molecular flexibility index (Phi) is 6.24. The molecule has 0 aromatic heterocycles. The Hall–Kier alpha value is -2.49. The first kappa shape index (κ1) is 17.9. The molecule has 0 saturated carbocycles. The van der Waals surface area contributed by atoms with Gasteiger partial charge >= 0.3 is 0 Å². The third-order valence-corrected chi connectivity index (χ3v) is 4.04. The first-order valence-electron chi connectivity index (χ1n) is 8.14. The highest BCUT2D eigenvalue weighted by molar-refractivity contribution is 5.79. The molecular formula is C20H25NO3. The molecule has 0 bridgehead atoms. The number of hydrogen-bond acceptors (Lipinski definition) is 3. The van der Waals surface area contributed by atoms with Crippen LogP contribution in [0.2, 0.25) is 0 Å². The largest absolute Gasteiger partial charge is 0.493 e. The summed E-state index contributed by atoms with van der Waals surface area (Å²) < 4.78 is 10.6. The smallest absolute Gasteiger partial charge is 0.224 e. The fourth-order valence-corrected chi connectivity index (χ4v) is 2.63. The van der Waals surface area contributed by atoms with Crippen molar-refractivity contribution in [3.63, 3.8) is 0 Å². The van der Waals surface area contributed by atoms with E-state index in [0.29, 0.717) is 17.9 Å². The summed E-state index contributed by atoms with van der Waals surface area (Å²) in [4.78, 5) is 12.4. The minimum atomic E-state index is -0.0530. The topological polar surface area (TPSA) is 47.6 Å². The van der Waals surface area contributed by atoms with Gasteiger partial charge in [-0.1, -0.05) is 42.8 Å². The van der Waals surface area contributed by atoms with Crippen LogP contribution in [0.5, 0.6) is 11.5 Å². The van der Waals surface area contributed by atoms with Crippen LogP contribution in [0, 0.1) is 6.92 Å². The SMILES string of the molecule is CC[C@H](NC(=O)Cc1ccc(C)cc1)c1ccc(OC)c(OC)c1. The van der Waals surface area contributed by atoms with Crippen molar-refractivity contribution in [3.05, 3.63) is 59.2 Å². The second kappa shape index (κ2) is 8.39. The predicted octanol–water partition coefficient (Wildman–Crippen LogP) is 3.82. The Morgan fingerprint density at radius 3 is 2.29 bits per heavy atom. The second-order valence-electron chi connectivity index (χ2n) is 5.81. The quantitative estimate of drug-likeness (QED) is 0.841. The number of carbonyl (C=O) groups is 1. The minimum Gasteiger partial charge on any atom is -0.493 e. The first-order valence-corrected chi connectivity index (χ1v) is 8.14. The van der Waals surface area contributed by atoms with Crippen molar-refractivity contribution in [3.8, 4) is 11.5 Å². The lowest BCUT2D eigenvalue weighted by Gasteiger charge is -2.19. The van der Waals surface area contributed by atoms with Crippen molar-refractivity contribution >= 4 is 5.91 Å². The highest BCUT2D eigenvalue weighted by atomic mass is 16.5. The van der Waals surface area contributed by atoms with Gasteiger partial charge in [0.05, 0.1) is 26.7 Å². The summed E-state index contributed by atoms with van der Waals surface area (Å²) in [5, 5.41) is 3.10. The monoisotopic (exact) mass is 327 g/mol. The van der Waals surface area contributed by atoms with Gasteiger partial charge in [-0.05, 0) is 36.6 Å². The summed E-state index contributed by atoms with van der Waals surface area (Å²) in [5.74, 6) is 1.36. The molecule has 2 rings (SSSR count). The molecule has 4 nitrogen and oxygen atoms in total. The Bertz CT molecular complexity index is 680. The van der Waals surface area contributed by atoms with Crippen LogP contribution < -0.4 is 14.8 Å². The van der Waals surface area contributed by atoms with E-state index in [4.69, 9.17) is 9.47 Å². The number of rotatable bonds is 7. The number of hydrogen-bond donors (Lipinski definition) is 1. The molecule has 0 aliphatic rings. The lowest BCUT2D eigenvalue weighted by Crippen LogP contribution is -2.29. The normalized spacial score (nSPS) is 11.7. The maximum Gasteiger partial charge on any atom is 0.224 e. The zero-order chi connectivity index (χ0) is 17.5. The molecule has 0 unspecified atom stereocenters. The molecule has 1 amide bonds. The maximum atomic E-state index is 12.4. The van der Waals surface area contributed by atoms with Gasteiger partial charge in [0, 0.05) is 0 Å². The molecule has 0 radical (unpaired) electrons. The van der Waals surface area contributed by atoms with Crippen LogP contribution in [0.1, 0.15) is 36.1 Å². The van der Waals surface area contributed by atoms with Crippen LogP contribution in [0.15, 0.2) is 42.5 Å². The van der Waals surface area contributed by atoms with Gasteiger partial charge < -0.3 is 14.8 Å². The molecule has 1 atom stereocenters. The van der Waals surface area contributed by atoms with E-state index in [0.717, 1.165) is 17.5 Å².